The minimum Gasteiger partial charge on any atom is -0.310 e. The SMILES string of the molecule is CC1(C)CCC(C)(C)c2cc(-c3cc4c(cc3N(c3ccc(-c5cccc6ccccc56)cc3)c3ccc(-c5cccc6ccccc56)cc3)C(c3ccccc3)(c3ccccc3)c3ccccc3-4)ccc21. The van der Waals surface area contributed by atoms with Gasteiger partial charge in [-0.3, -0.25) is 0 Å². The maximum Gasteiger partial charge on any atom is 0.0714 e. The Labute approximate surface area is 424 Å². The van der Waals surface area contributed by atoms with Crippen molar-refractivity contribution in [2.24, 2.45) is 0 Å². The van der Waals surface area contributed by atoms with Gasteiger partial charge in [-0.05, 0) is 154 Å². The maximum absolute atomic E-state index is 2.57. The molecule has 11 aromatic carbocycles. The smallest absolute Gasteiger partial charge is 0.0714 e. The molecule has 2 aliphatic carbocycles. The summed E-state index contributed by atoms with van der Waals surface area (Å²) < 4.78 is 0. The lowest BCUT2D eigenvalue weighted by Gasteiger charge is -2.42. The summed E-state index contributed by atoms with van der Waals surface area (Å²) in [6.45, 7) is 9.74. The molecule has 0 radical (unpaired) electrons. The Morgan fingerprint density at radius 3 is 1.33 bits per heavy atom. The van der Waals surface area contributed by atoms with Gasteiger partial charge in [0.2, 0.25) is 0 Å². The lowest BCUT2D eigenvalue weighted by atomic mass is 9.63. The van der Waals surface area contributed by atoms with E-state index in [1.165, 1.54) is 106 Å². The molecule has 0 saturated carbocycles. The first kappa shape index (κ1) is 43.7. The number of anilines is 3. The molecule has 0 fully saturated rings. The molecule has 72 heavy (non-hydrogen) atoms. The van der Waals surface area contributed by atoms with E-state index >= 15 is 0 Å². The molecule has 0 amide bonds. The Bertz CT molecular complexity index is 3670. The number of hydrogen-bond donors (Lipinski definition) is 0. The summed E-state index contributed by atoms with van der Waals surface area (Å²) in [7, 11) is 0. The van der Waals surface area contributed by atoms with Crippen molar-refractivity contribution in [3.63, 3.8) is 0 Å². The minimum atomic E-state index is -0.578. The number of hydrogen-bond acceptors (Lipinski definition) is 1. The quantitative estimate of drug-likeness (QED) is 0.147. The zero-order valence-corrected chi connectivity index (χ0v) is 41.5. The summed E-state index contributed by atoms with van der Waals surface area (Å²) in [4.78, 5) is 2.54. The summed E-state index contributed by atoms with van der Waals surface area (Å²) in [6.07, 6.45) is 2.32. The fourth-order valence-electron chi connectivity index (χ4n) is 12.6. The molecule has 13 rings (SSSR count). The van der Waals surface area contributed by atoms with Gasteiger partial charge in [0.15, 0.2) is 0 Å². The Kier molecular flexibility index (Phi) is 10.3. The van der Waals surface area contributed by atoms with Gasteiger partial charge in [-0.25, -0.2) is 0 Å². The zero-order valence-electron chi connectivity index (χ0n) is 41.5. The van der Waals surface area contributed by atoms with E-state index in [2.05, 4.69) is 281 Å². The Balaban J connectivity index is 1.10. The normalized spacial score (nSPS) is 14.9. The number of nitrogens with zero attached hydrogens (tertiary/aromatic N) is 1. The Morgan fingerprint density at radius 2 is 0.764 bits per heavy atom. The average molecular weight is 924 g/mol. The van der Waals surface area contributed by atoms with Crippen LogP contribution >= 0.6 is 0 Å². The van der Waals surface area contributed by atoms with Crippen LogP contribution in [0, 0.1) is 0 Å². The summed E-state index contributed by atoms with van der Waals surface area (Å²) in [6, 6.07) is 93.4. The highest BCUT2D eigenvalue weighted by Crippen LogP contribution is 2.59. The molecule has 2 aliphatic rings. The van der Waals surface area contributed by atoms with Crippen LogP contribution in [0.15, 0.2) is 249 Å². The van der Waals surface area contributed by atoms with E-state index in [1.807, 2.05) is 0 Å². The van der Waals surface area contributed by atoms with E-state index in [4.69, 9.17) is 0 Å². The van der Waals surface area contributed by atoms with Crippen molar-refractivity contribution in [2.45, 2.75) is 56.8 Å². The monoisotopic (exact) mass is 923 g/mol. The van der Waals surface area contributed by atoms with Crippen molar-refractivity contribution in [1.29, 1.82) is 0 Å². The molecule has 1 heteroatoms. The van der Waals surface area contributed by atoms with Crippen molar-refractivity contribution in [2.75, 3.05) is 4.90 Å². The van der Waals surface area contributed by atoms with Gasteiger partial charge in [0.05, 0.1) is 11.1 Å². The summed E-state index contributed by atoms with van der Waals surface area (Å²) in [5, 5.41) is 5.00. The van der Waals surface area contributed by atoms with Gasteiger partial charge in [-0.15, -0.1) is 0 Å². The minimum absolute atomic E-state index is 0.0364. The van der Waals surface area contributed by atoms with Crippen molar-refractivity contribution in [3.05, 3.63) is 282 Å². The fourth-order valence-corrected chi connectivity index (χ4v) is 12.6. The zero-order chi connectivity index (χ0) is 48.6. The van der Waals surface area contributed by atoms with E-state index < -0.39 is 5.41 Å². The Morgan fingerprint density at radius 1 is 0.306 bits per heavy atom. The van der Waals surface area contributed by atoms with Gasteiger partial charge in [0.25, 0.3) is 0 Å². The van der Waals surface area contributed by atoms with Gasteiger partial charge >= 0.3 is 0 Å². The van der Waals surface area contributed by atoms with Crippen LogP contribution in [-0.4, -0.2) is 0 Å². The third kappa shape index (κ3) is 6.97. The van der Waals surface area contributed by atoms with Gasteiger partial charge in [0.1, 0.15) is 0 Å². The largest absolute Gasteiger partial charge is 0.310 e. The molecule has 1 nitrogen and oxygen atoms in total. The predicted molar refractivity (Wildman–Crippen MR) is 305 cm³/mol. The van der Waals surface area contributed by atoms with Crippen LogP contribution in [0.2, 0.25) is 0 Å². The van der Waals surface area contributed by atoms with E-state index in [0.29, 0.717) is 0 Å². The van der Waals surface area contributed by atoms with Crippen LogP contribution in [0.4, 0.5) is 17.1 Å². The topological polar surface area (TPSA) is 3.24 Å². The molecule has 0 unspecified atom stereocenters. The number of benzene rings is 11. The predicted octanol–water partition coefficient (Wildman–Crippen LogP) is 19.2. The highest BCUT2D eigenvalue weighted by Gasteiger charge is 2.47. The summed E-state index contributed by atoms with van der Waals surface area (Å²) >= 11 is 0. The molecule has 0 spiro atoms. The highest BCUT2D eigenvalue weighted by atomic mass is 15.1. The van der Waals surface area contributed by atoms with E-state index in [0.717, 1.165) is 23.5 Å². The van der Waals surface area contributed by atoms with Crippen LogP contribution in [0.1, 0.15) is 73.9 Å². The van der Waals surface area contributed by atoms with Crippen molar-refractivity contribution in [3.8, 4) is 44.5 Å². The third-order valence-electron chi connectivity index (χ3n) is 16.4. The molecule has 346 valence electrons. The second-order valence-corrected chi connectivity index (χ2v) is 21.5. The van der Waals surface area contributed by atoms with Crippen LogP contribution in [0.5, 0.6) is 0 Å². The average Bonchev–Trinajstić information content (AvgIpc) is 3.72. The van der Waals surface area contributed by atoms with Gasteiger partial charge in [0, 0.05) is 16.9 Å². The second kappa shape index (κ2) is 17.0. The first-order valence-corrected chi connectivity index (χ1v) is 25.7. The van der Waals surface area contributed by atoms with Crippen molar-refractivity contribution >= 4 is 38.6 Å². The lowest BCUT2D eigenvalue weighted by Crippen LogP contribution is -2.33. The number of fused-ring (bicyclic) bond motifs is 6. The van der Waals surface area contributed by atoms with Gasteiger partial charge in [-0.2, -0.15) is 0 Å². The van der Waals surface area contributed by atoms with E-state index in [9.17, 15) is 0 Å². The second-order valence-electron chi connectivity index (χ2n) is 21.5. The van der Waals surface area contributed by atoms with Crippen LogP contribution < -0.4 is 4.90 Å². The van der Waals surface area contributed by atoms with Crippen molar-refractivity contribution < 1.29 is 0 Å². The van der Waals surface area contributed by atoms with Gasteiger partial charge < -0.3 is 4.90 Å². The van der Waals surface area contributed by atoms with Crippen LogP contribution in [-0.2, 0) is 16.2 Å². The third-order valence-corrected chi connectivity index (χ3v) is 16.4. The van der Waals surface area contributed by atoms with Gasteiger partial charge in [-0.1, -0.05) is 240 Å². The molecular formula is C71H57N. The summed E-state index contributed by atoms with van der Waals surface area (Å²) in [5.74, 6) is 0. The standard InChI is InChI=1S/C71H57N/c1-69(2)43-44-70(3,4)67-45-52(37-42-65(67)69)62-46-63-61-29-15-16-32-64(61)71(53-23-7-5-8-24-53,54-25-9-6-10-26-54)66(63)47-68(62)72(55-38-33-50(34-39-55)59-30-17-21-48-19-11-13-27-57(48)59)56-40-35-51(36-41-56)60-31-18-22-49-20-12-14-28-58(49)60/h5-42,45-47H,43-44H2,1-4H3. The summed E-state index contributed by atoms with van der Waals surface area (Å²) in [5.41, 5.74) is 20.7. The first-order valence-electron chi connectivity index (χ1n) is 25.7. The molecule has 0 bridgehead atoms. The van der Waals surface area contributed by atoms with E-state index in [-0.39, 0.29) is 10.8 Å². The fraction of sp³-hybridized carbons (Fsp3) is 0.127. The lowest BCUT2D eigenvalue weighted by molar-refractivity contribution is 0.332. The molecule has 0 heterocycles. The first-order chi connectivity index (χ1) is 35.2. The molecule has 0 aromatic heterocycles. The Hall–Kier alpha value is -8.26. The molecule has 0 atom stereocenters. The molecule has 11 aromatic rings. The molecule has 0 N–H and O–H groups in total. The highest BCUT2D eigenvalue weighted by molar-refractivity contribution is 6.00. The van der Waals surface area contributed by atoms with Crippen molar-refractivity contribution in [1.82, 2.24) is 0 Å². The maximum atomic E-state index is 2.57. The molecular weight excluding hydrogens is 867 g/mol. The van der Waals surface area contributed by atoms with Crippen LogP contribution in [0.25, 0.3) is 66.1 Å². The molecule has 0 aliphatic heterocycles. The van der Waals surface area contributed by atoms with Crippen LogP contribution in [0.3, 0.4) is 0 Å². The van der Waals surface area contributed by atoms with E-state index in [1.54, 1.807) is 0 Å². The molecule has 0 saturated heterocycles. The number of rotatable bonds is 8.